The van der Waals surface area contributed by atoms with Gasteiger partial charge in [-0.15, -0.1) is 10.2 Å². The van der Waals surface area contributed by atoms with Gasteiger partial charge in [0.1, 0.15) is 0 Å². The van der Waals surface area contributed by atoms with Crippen molar-refractivity contribution in [2.45, 2.75) is 71.4 Å². The van der Waals surface area contributed by atoms with Crippen LogP contribution in [0.5, 0.6) is 0 Å². The molecule has 2 aromatic heterocycles. The fourth-order valence-corrected chi connectivity index (χ4v) is 5.50. The van der Waals surface area contributed by atoms with Crippen molar-refractivity contribution in [3.8, 4) is 22.5 Å². The van der Waals surface area contributed by atoms with Crippen molar-refractivity contribution in [3.05, 3.63) is 75.7 Å². The van der Waals surface area contributed by atoms with Crippen molar-refractivity contribution in [1.82, 2.24) is 30.0 Å². The van der Waals surface area contributed by atoms with E-state index >= 15 is 0 Å². The van der Waals surface area contributed by atoms with Crippen molar-refractivity contribution in [2.75, 3.05) is 6.61 Å². The highest BCUT2D eigenvalue weighted by atomic mass is 16.5. The molecule has 9 nitrogen and oxygen atoms in total. The van der Waals surface area contributed by atoms with Crippen LogP contribution in [0.15, 0.2) is 53.3 Å². The molecule has 1 N–H and O–H groups in total. The highest BCUT2D eigenvalue weighted by molar-refractivity contribution is 5.80. The second-order valence-corrected chi connectivity index (χ2v) is 9.87. The van der Waals surface area contributed by atoms with E-state index in [1.54, 1.807) is 11.6 Å². The number of aromatic amines is 1. The van der Waals surface area contributed by atoms with Crippen LogP contribution in [-0.4, -0.2) is 42.6 Å². The minimum Gasteiger partial charge on any atom is -0.464 e. The molecule has 0 saturated carbocycles. The zero-order valence-corrected chi connectivity index (χ0v) is 22.2. The van der Waals surface area contributed by atoms with E-state index in [9.17, 15) is 9.59 Å². The number of tetrazole rings is 1. The van der Waals surface area contributed by atoms with Gasteiger partial charge in [0.05, 0.1) is 6.61 Å². The summed E-state index contributed by atoms with van der Waals surface area (Å²) in [5.74, 6) is 0.224. The molecule has 4 aromatic rings. The van der Waals surface area contributed by atoms with Crippen LogP contribution >= 0.6 is 0 Å². The Labute approximate surface area is 221 Å². The Balaban J connectivity index is 1.51. The fraction of sp³-hybridized carbons (Fsp3) is 0.414. The number of nitrogens with one attached hydrogen (secondary N) is 1. The average Bonchev–Trinajstić information content (AvgIpc) is 3.56. The van der Waals surface area contributed by atoms with Crippen LogP contribution in [-0.2, 0) is 22.4 Å². The maximum atomic E-state index is 13.8. The zero-order chi connectivity index (χ0) is 26.6. The number of ether oxygens (including phenoxy) is 1. The number of esters is 1. The number of hydrogen-bond acceptors (Lipinski definition) is 6. The predicted molar refractivity (Wildman–Crippen MR) is 145 cm³/mol. The van der Waals surface area contributed by atoms with E-state index in [-0.39, 0.29) is 17.6 Å². The summed E-state index contributed by atoms with van der Waals surface area (Å²) < 4.78 is 9.12. The summed E-state index contributed by atoms with van der Waals surface area (Å²) in [5.41, 5.74) is 5.73. The Hall–Kier alpha value is -4.01. The standard InChI is InChI=1S/C29H34N6O3/c1-4-6-11-25-24(28(36)35-26(29(37)38-5-2)17-12-19(3)34(25)35)18-20-13-15-21(16-14-20)22-9-7-8-10-23(22)27-30-32-33-31-27/h7-10,13-16,19,26H,4-6,11-12,17-18H2,1-3H3,(H,30,31,32,33). The molecule has 2 atom stereocenters. The first-order valence-electron chi connectivity index (χ1n) is 13.5. The molecule has 1 aliphatic heterocycles. The molecule has 38 heavy (non-hydrogen) atoms. The first-order valence-corrected chi connectivity index (χ1v) is 13.5. The Morgan fingerprint density at radius 1 is 1.05 bits per heavy atom. The van der Waals surface area contributed by atoms with Gasteiger partial charge in [-0.05, 0) is 61.4 Å². The molecule has 0 saturated heterocycles. The number of aromatic nitrogens is 6. The van der Waals surface area contributed by atoms with Crippen LogP contribution in [0.25, 0.3) is 22.5 Å². The lowest BCUT2D eigenvalue weighted by Crippen LogP contribution is -2.39. The van der Waals surface area contributed by atoms with Gasteiger partial charge < -0.3 is 4.74 Å². The number of hydrogen-bond donors (Lipinski definition) is 1. The zero-order valence-electron chi connectivity index (χ0n) is 22.2. The van der Waals surface area contributed by atoms with Crippen molar-refractivity contribution in [3.63, 3.8) is 0 Å². The lowest BCUT2D eigenvalue weighted by molar-refractivity contribution is -0.149. The number of carbonyl (C=O) groups excluding carboxylic acids is 1. The minimum absolute atomic E-state index is 0.0766. The molecule has 0 aliphatic carbocycles. The monoisotopic (exact) mass is 514 g/mol. The van der Waals surface area contributed by atoms with Crippen molar-refractivity contribution in [1.29, 1.82) is 0 Å². The number of carbonyl (C=O) groups is 1. The van der Waals surface area contributed by atoms with Gasteiger partial charge in [0.15, 0.2) is 6.04 Å². The quantitative estimate of drug-likeness (QED) is 0.319. The number of rotatable bonds is 9. The predicted octanol–water partition coefficient (Wildman–Crippen LogP) is 4.89. The minimum atomic E-state index is -0.572. The maximum absolute atomic E-state index is 13.8. The third kappa shape index (κ3) is 4.80. The van der Waals surface area contributed by atoms with Gasteiger partial charge in [-0.2, -0.15) is 5.21 Å². The summed E-state index contributed by atoms with van der Waals surface area (Å²) >= 11 is 0. The van der Waals surface area contributed by atoms with Crippen molar-refractivity contribution >= 4 is 5.97 Å². The molecule has 2 unspecified atom stereocenters. The molecule has 0 bridgehead atoms. The van der Waals surface area contributed by atoms with Crippen LogP contribution in [0, 0.1) is 0 Å². The summed E-state index contributed by atoms with van der Waals surface area (Å²) in [7, 11) is 0. The first kappa shape index (κ1) is 25.6. The topological polar surface area (TPSA) is 108 Å². The normalized spacial score (nSPS) is 16.8. The van der Waals surface area contributed by atoms with Crippen LogP contribution in [0.3, 0.4) is 0 Å². The van der Waals surface area contributed by atoms with Gasteiger partial charge in [0, 0.05) is 29.3 Å². The largest absolute Gasteiger partial charge is 0.464 e. The Morgan fingerprint density at radius 2 is 1.82 bits per heavy atom. The van der Waals surface area contributed by atoms with Gasteiger partial charge in [0.25, 0.3) is 5.56 Å². The number of nitrogens with zero attached hydrogens (tertiary/aromatic N) is 5. The van der Waals surface area contributed by atoms with Gasteiger partial charge in [-0.1, -0.05) is 61.9 Å². The second-order valence-electron chi connectivity index (χ2n) is 9.87. The third-order valence-corrected chi connectivity index (χ3v) is 7.38. The van der Waals surface area contributed by atoms with Crippen LogP contribution in [0.4, 0.5) is 0 Å². The van der Waals surface area contributed by atoms with Crippen LogP contribution in [0.1, 0.15) is 75.4 Å². The van der Waals surface area contributed by atoms with Crippen molar-refractivity contribution < 1.29 is 9.53 Å². The Bertz CT molecular complexity index is 1450. The Morgan fingerprint density at radius 3 is 2.50 bits per heavy atom. The number of benzene rings is 2. The lowest BCUT2D eigenvalue weighted by atomic mass is 9.96. The van der Waals surface area contributed by atoms with E-state index in [4.69, 9.17) is 4.74 Å². The Kier molecular flexibility index (Phi) is 7.53. The smallest absolute Gasteiger partial charge is 0.330 e. The van der Waals surface area contributed by atoms with Gasteiger partial charge in [0.2, 0.25) is 5.82 Å². The van der Waals surface area contributed by atoms with E-state index in [1.165, 1.54) is 0 Å². The second kappa shape index (κ2) is 11.2. The molecule has 0 radical (unpaired) electrons. The molecule has 198 valence electrons. The van der Waals surface area contributed by atoms with Crippen LogP contribution in [0.2, 0.25) is 0 Å². The average molecular weight is 515 g/mol. The number of unbranched alkanes of at least 4 members (excludes halogenated alkanes) is 1. The number of H-pyrrole nitrogens is 1. The van der Waals surface area contributed by atoms with E-state index in [0.717, 1.165) is 59.2 Å². The highest BCUT2D eigenvalue weighted by Crippen LogP contribution is 2.33. The molecule has 0 amide bonds. The molecule has 9 heteroatoms. The summed E-state index contributed by atoms with van der Waals surface area (Å²) in [6, 6.07) is 15.8. The maximum Gasteiger partial charge on any atom is 0.330 e. The van der Waals surface area contributed by atoms with Crippen molar-refractivity contribution in [2.24, 2.45) is 0 Å². The van der Waals surface area contributed by atoms with E-state index < -0.39 is 6.04 Å². The molecule has 5 rings (SSSR count). The van der Waals surface area contributed by atoms with Gasteiger partial charge in [-0.3, -0.25) is 9.48 Å². The summed E-state index contributed by atoms with van der Waals surface area (Å²) in [4.78, 5) is 26.6. The van der Waals surface area contributed by atoms with Gasteiger partial charge >= 0.3 is 5.97 Å². The lowest BCUT2D eigenvalue weighted by Gasteiger charge is -2.31. The third-order valence-electron chi connectivity index (χ3n) is 7.38. The molecular weight excluding hydrogens is 480 g/mol. The highest BCUT2D eigenvalue weighted by Gasteiger charge is 2.35. The number of fused-ring (bicyclic) bond motifs is 1. The molecule has 0 fully saturated rings. The summed E-state index contributed by atoms with van der Waals surface area (Å²) in [5, 5.41) is 14.5. The fourth-order valence-electron chi connectivity index (χ4n) is 5.50. The summed E-state index contributed by atoms with van der Waals surface area (Å²) in [6.07, 6.45) is 4.79. The molecule has 0 spiro atoms. The molecule has 1 aliphatic rings. The summed E-state index contributed by atoms with van der Waals surface area (Å²) in [6.45, 7) is 6.39. The first-order chi connectivity index (χ1) is 18.5. The molecule has 3 heterocycles. The molecule has 2 aromatic carbocycles. The van der Waals surface area contributed by atoms with E-state index in [1.807, 2.05) is 24.3 Å². The van der Waals surface area contributed by atoms with Crippen LogP contribution < -0.4 is 5.56 Å². The van der Waals surface area contributed by atoms with E-state index in [0.29, 0.717) is 25.3 Å². The van der Waals surface area contributed by atoms with E-state index in [2.05, 4.69) is 63.4 Å². The van der Waals surface area contributed by atoms with Gasteiger partial charge in [-0.25, -0.2) is 9.48 Å². The molecular formula is C29H34N6O3. The SMILES string of the molecule is CCCCc1c(Cc2ccc(-c3ccccc3-c3nn[nH]n3)cc2)c(=O)n2n1C(C)CCC2C(=O)OCC.